The van der Waals surface area contributed by atoms with Gasteiger partial charge in [0.15, 0.2) is 11.0 Å². The van der Waals surface area contributed by atoms with Crippen molar-refractivity contribution in [3.05, 3.63) is 29.3 Å². The predicted octanol–water partition coefficient (Wildman–Crippen LogP) is 0.102. The molecule has 29 heavy (non-hydrogen) atoms. The van der Waals surface area contributed by atoms with Crippen LogP contribution in [0.1, 0.15) is 11.1 Å². The van der Waals surface area contributed by atoms with Gasteiger partial charge in [0.05, 0.1) is 25.4 Å². The van der Waals surface area contributed by atoms with Crippen molar-refractivity contribution in [2.24, 2.45) is 11.0 Å². The molecule has 0 spiro atoms. The lowest BCUT2D eigenvalue weighted by molar-refractivity contribution is -0.130. The number of thiocarbonyl (C=S) groups is 1. The first-order valence-electron chi connectivity index (χ1n) is 9.25. The van der Waals surface area contributed by atoms with Gasteiger partial charge in [0.25, 0.3) is 11.8 Å². The maximum atomic E-state index is 12.9. The Hall–Kier alpha value is -2.69. The fraction of sp³-hybridized carbons (Fsp3) is 0.421. The molecule has 2 N–H and O–H groups in total. The quantitative estimate of drug-likeness (QED) is 0.305. The van der Waals surface area contributed by atoms with Crippen LogP contribution in [0, 0.1) is 19.8 Å². The van der Waals surface area contributed by atoms with E-state index in [0.717, 1.165) is 17.3 Å². The van der Waals surface area contributed by atoms with Crippen molar-refractivity contribution in [3.63, 3.8) is 0 Å². The van der Waals surface area contributed by atoms with E-state index in [9.17, 15) is 14.4 Å². The monoisotopic (exact) mass is 417 g/mol. The normalized spacial score (nSPS) is 20.8. The first-order valence-corrected chi connectivity index (χ1v) is 9.66. The first-order chi connectivity index (χ1) is 13.9. The summed E-state index contributed by atoms with van der Waals surface area (Å²) in [5.74, 6) is -2.61. The maximum absolute atomic E-state index is 12.9. The molecule has 0 aromatic heterocycles. The van der Waals surface area contributed by atoms with Crippen molar-refractivity contribution >= 4 is 47.0 Å². The molecule has 0 saturated carbocycles. The third-order valence-corrected chi connectivity index (χ3v) is 5.12. The number of hydrogen-bond acceptors (Lipinski definition) is 7. The summed E-state index contributed by atoms with van der Waals surface area (Å²) in [6.45, 7) is 6.57. The van der Waals surface area contributed by atoms with Crippen molar-refractivity contribution in [3.8, 4) is 0 Å². The molecule has 2 fully saturated rings. The Kier molecular flexibility index (Phi) is 6.68. The van der Waals surface area contributed by atoms with Crippen LogP contribution in [0.3, 0.4) is 0 Å². The molecule has 9 nitrogen and oxygen atoms in total. The van der Waals surface area contributed by atoms with Crippen LogP contribution in [-0.2, 0) is 19.1 Å². The third kappa shape index (κ3) is 5.03. The molecular formula is C19H23N5O4S. The van der Waals surface area contributed by atoms with Gasteiger partial charge in [0.1, 0.15) is 0 Å². The van der Waals surface area contributed by atoms with Gasteiger partial charge in [-0.3, -0.25) is 24.2 Å². The highest BCUT2D eigenvalue weighted by molar-refractivity contribution is 7.80. The van der Waals surface area contributed by atoms with Crippen molar-refractivity contribution < 1.29 is 19.1 Å². The molecule has 2 heterocycles. The summed E-state index contributed by atoms with van der Waals surface area (Å²) in [6.07, 6.45) is 1.13. The van der Waals surface area contributed by atoms with E-state index in [2.05, 4.69) is 15.8 Å². The third-order valence-electron chi connectivity index (χ3n) is 4.83. The Balaban J connectivity index is 1.66. The molecule has 10 heteroatoms. The molecule has 1 aromatic rings. The number of carbonyl (C=O) groups is 3. The zero-order chi connectivity index (χ0) is 21.0. The molecule has 154 valence electrons. The topological polar surface area (TPSA) is 103 Å². The van der Waals surface area contributed by atoms with Crippen molar-refractivity contribution in [2.75, 3.05) is 37.7 Å². The summed E-state index contributed by atoms with van der Waals surface area (Å²) in [5, 5.41) is 6.35. The lowest BCUT2D eigenvalue weighted by Gasteiger charge is -2.31. The fourth-order valence-electron chi connectivity index (χ4n) is 3.01. The van der Waals surface area contributed by atoms with Gasteiger partial charge in [-0.2, -0.15) is 5.10 Å². The molecule has 3 rings (SSSR count). The van der Waals surface area contributed by atoms with Gasteiger partial charge in [-0.05, 0) is 49.3 Å². The highest BCUT2D eigenvalue weighted by atomic mass is 32.1. The molecule has 0 radical (unpaired) electrons. The van der Waals surface area contributed by atoms with Crippen molar-refractivity contribution in [1.82, 2.24) is 15.6 Å². The molecule has 2 aliphatic rings. The fourth-order valence-corrected chi connectivity index (χ4v) is 3.31. The predicted molar refractivity (Wildman–Crippen MR) is 112 cm³/mol. The number of carbonyl (C=O) groups excluding carboxylic acids is 3. The van der Waals surface area contributed by atoms with E-state index >= 15 is 0 Å². The van der Waals surface area contributed by atoms with Gasteiger partial charge in [-0.15, -0.1) is 0 Å². The first kappa shape index (κ1) is 21.0. The van der Waals surface area contributed by atoms with Crippen LogP contribution in [0.4, 0.5) is 5.69 Å². The number of aryl methyl sites for hydroxylation is 2. The molecule has 2 aliphatic heterocycles. The van der Waals surface area contributed by atoms with Crippen LogP contribution < -0.4 is 15.6 Å². The van der Waals surface area contributed by atoms with E-state index in [1.165, 1.54) is 4.90 Å². The van der Waals surface area contributed by atoms with Crippen LogP contribution in [-0.4, -0.2) is 66.8 Å². The summed E-state index contributed by atoms with van der Waals surface area (Å²) < 4.78 is 5.23. The molecule has 0 bridgehead atoms. The van der Waals surface area contributed by atoms with Gasteiger partial charge in [0, 0.05) is 19.3 Å². The Morgan fingerprint density at radius 3 is 2.72 bits per heavy atom. The number of morpholine rings is 1. The molecule has 1 aromatic carbocycles. The van der Waals surface area contributed by atoms with E-state index in [1.54, 1.807) is 6.07 Å². The molecule has 0 unspecified atom stereocenters. The minimum absolute atomic E-state index is 0.0178. The minimum atomic E-state index is -1.19. The minimum Gasteiger partial charge on any atom is -0.379 e. The number of amides is 3. The van der Waals surface area contributed by atoms with Crippen LogP contribution in [0.5, 0.6) is 0 Å². The van der Waals surface area contributed by atoms with Crippen molar-refractivity contribution in [1.29, 1.82) is 0 Å². The number of ether oxygens (including phenoxy) is 1. The number of hydrogen-bond donors (Lipinski definition) is 2. The number of hydrazone groups is 1. The summed E-state index contributed by atoms with van der Waals surface area (Å²) in [4.78, 5) is 40.3. The summed E-state index contributed by atoms with van der Waals surface area (Å²) in [7, 11) is 0. The van der Waals surface area contributed by atoms with Crippen LogP contribution in [0.25, 0.3) is 0 Å². The molecule has 0 aliphatic carbocycles. The molecule has 3 amide bonds. The molecular weight excluding hydrogens is 394 g/mol. The van der Waals surface area contributed by atoms with E-state index in [1.807, 2.05) is 30.9 Å². The number of rotatable bonds is 5. The second-order valence-corrected chi connectivity index (χ2v) is 7.30. The smallest absolute Gasteiger partial charge is 0.254 e. The highest BCUT2D eigenvalue weighted by Crippen LogP contribution is 2.23. The summed E-state index contributed by atoms with van der Waals surface area (Å²) >= 11 is 5.18. The van der Waals surface area contributed by atoms with Gasteiger partial charge in [-0.25, -0.2) is 5.43 Å². The zero-order valence-corrected chi connectivity index (χ0v) is 17.1. The summed E-state index contributed by atoms with van der Waals surface area (Å²) in [6, 6.07) is 5.48. The number of nitrogens with one attached hydrogen (secondary N) is 2. The average Bonchev–Trinajstić information content (AvgIpc) is 2.68. The SMILES string of the molecule is Cc1ccc(N2C(=O)[C@H](/C=N\NC(=O)CN3CCOCC3)C(=O)NC2=S)cc1C. The second-order valence-electron chi connectivity index (χ2n) is 6.92. The summed E-state index contributed by atoms with van der Waals surface area (Å²) in [5.41, 5.74) is 5.01. The van der Waals surface area contributed by atoms with E-state index < -0.39 is 17.7 Å². The van der Waals surface area contributed by atoms with Crippen LogP contribution in [0.2, 0.25) is 0 Å². The second kappa shape index (κ2) is 9.21. The lowest BCUT2D eigenvalue weighted by atomic mass is 10.0. The van der Waals surface area contributed by atoms with Gasteiger partial charge in [0.2, 0.25) is 5.91 Å². The standard InChI is InChI=1S/C19H23N5O4S/c1-12-3-4-14(9-13(12)2)24-18(27)15(17(26)21-19(24)29)10-20-22-16(25)11-23-5-7-28-8-6-23/h3-4,9-10,15H,5-8,11H2,1-2H3,(H,22,25)(H,21,26,29)/b20-10-/t15-/m1/s1. The Labute approximate surface area is 174 Å². The van der Waals surface area contributed by atoms with E-state index in [-0.39, 0.29) is 17.6 Å². The lowest BCUT2D eigenvalue weighted by Crippen LogP contribution is -2.58. The molecule has 1 atom stereocenters. The number of benzene rings is 1. The zero-order valence-electron chi connectivity index (χ0n) is 16.3. The number of nitrogens with zero attached hydrogens (tertiary/aromatic N) is 3. The van der Waals surface area contributed by atoms with E-state index in [4.69, 9.17) is 17.0 Å². The molecule has 2 saturated heterocycles. The number of anilines is 1. The maximum Gasteiger partial charge on any atom is 0.254 e. The van der Waals surface area contributed by atoms with Gasteiger partial charge < -0.3 is 10.1 Å². The Morgan fingerprint density at radius 1 is 1.31 bits per heavy atom. The van der Waals surface area contributed by atoms with Crippen molar-refractivity contribution in [2.45, 2.75) is 13.8 Å². The van der Waals surface area contributed by atoms with Gasteiger partial charge >= 0.3 is 0 Å². The Morgan fingerprint density at radius 2 is 2.03 bits per heavy atom. The van der Waals surface area contributed by atoms with E-state index in [0.29, 0.717) is 32.0 Å². The largest absolute Gasteiger partial charge is 0.379 e. The van der Waals surface area contributed by atoms with Crippen LogP contribution in [0.15, 0.2) is 23.3 Å². The average molecular weight is 417 g/mol. The Bertz CT molecular complexity index is 866. The van der Waals surface area contributed by atoms with Gasteiger partial charge in [-0.1, -0.05) is 6.07 Å². The van der Waals surface area contributed by atoms with Crippen LogP contribution >= 0.6 is 12.2 Å². The highest BCUT2D eigenvalue weighted by Gasteiger charge is 2.38.